The summed E-state index contributed by atoms with van der Waals surface area (Å²) in [5, 5.41) is 0. The van der Waals surface area contributed by atoms with Crippen molar-refractivity contribution in [3.05, 3.63) is 69.8 Å². The highest BCUT2D eigenvalue weighted by Crippen LogP contribution is 2.34. The first-order valence-corrected chi connectivity index (χ1v) is 10.2. The van der Waals surface area contributed by atoms with Gasteiger partial charge in [-0.15, -0.1) is 0 Å². The van der Waals surface area contributed by atoms with E-state index in [2.05, 4.69) is 24.7 Å². The maximum Gasteiger partial charge on any atom is 0.340 e. The topological polar surface area (TPSA) is 95.5 Å². The summed E-state index contributed by atoms with van der Waals surface area (Å²) in [7, 11) is 1.23. The number of halogens is 1. The van der Waals surface area contributed by atoms with Crippen molar-refractivity contribution in [2.75, 3.05) is 11.4 Å². The number of ether oxygens (including phenoxy) is 1. The van der Waals surface area contributed by atoms with Crippen LogP contribution in [-0.4, -0.2) is 30.6 Å². The second-order valence-electron chi connectivity index (χ2n) is 5.36. The van der Waals surface area contributed by atoms with E-state index < -0.39 is 17.2 Å². The molecule has 0 fully saturated rings. The summed E-state index contributed by atoms with van der Waals surface area (Å²) in [4.78, 5) is 12.1. The summed E-state index contributed by atoms with van der Waals surface area (Å²) in [5.41, 5.74) is 1.69. The summed E-state index contributed by atoms with van der Waals surface area (Å²) in [6.45, 7) is 0. The molecule has 2 aromatic carbocycles. The molecule has 140 valence electrons. The number of esters is 1. The van der Waals surface area contributed by atoms with E-state index >= 15 is 0 Å². The lowest BCUT2D eigenvalue weighted by Crippen LogP contribution is -2.24. The Morgan fingerprint density at radius 3 is 2.67 bits per heavy atom. The number of nitrogens with zero attached hydrogens (tertiary/aromatic N) is 3. The molecule has 0 aliphatic carbocycles. The molecular weight excluding hydrogens is 454 g/mol. The molecular formula is C17H13BrN3O4S2-. The molecule has 1 atom stereocenters. The average molecular weight is 467 g/mol. The van der Waals surface area contributed by atoms with Crippen LogP contribution >= 0.6 is 27.7 Å². The van der Waals surface area contributed by atoms with Gasteiger partial charge in [-0.1, -0.05) is 46.3 Å². The Morgan fingerprint density at radius 2 is 2.00 bits per heavy atom. The van der Waals surface area contributed by atoms with E-state index in [4.69, 9.17) is 4.74 Å². The molecule has 0 spiro atoms. The molecule has 0 saturated heterocycles. The normalized spacial score (nSPS) is 11.8. The summed E-state index contributed by atoms with van der Waals surface area (Å²) in [6.07, 6.45) is 0.405. The van der Waals surface area contributed by atoms with E-state index in [1.54, 1.807) is 6.07 Å². The SMILES string of the molecule is COC(=O)c1ccc(Br)cc1N(c1nsnc1Cc1ccccc1)S(=O)[O-]. The van der Waals surface area contributed by atoms with Crippen LogP contribution in [0.2, 0.25) is 0 Å². The van der Waals surface area contributed by atoms with Crippen LogP contribution in [0.25, 0.3) is 0 Å². The molecule has 0 bridgehead atoms. The van der Waals surface area contributed by atoms with Crippen molar-refractivity contribution in [2.24, 2.45) is 0 Å². The third-order valence-corrected chi connectivity index (χ3v) is 5.39. The van der Waals surface area contributed by atoms with Crippen molar-refractivity contribution in [3.8, 4) is 0 Å². The van der Waals surface area contributed by atoms with Crippen LogP contribution in [0.5, 0.6) is 0 Å². The van der Waals surface area contributed by atoms with E-state index in [0.29, 0.717) is 16.6 Å². The van der Waals surface area contributed by atoms with Gasteiger partial charge >= 0.3 is 5.97 Å². The predicted molar refractivity (Wildman–Crippen MR) is 106 cm³/mol. The van der Waals surface area contributed by atoms with Gasteiger partial charge in [0.25, 0.3) is 0 Å². The summed E-state index contributed by atoms with van der Waals surface area (Å²) < 4.78 is 38.9. The number of rotatable bonds is 6. The van der Waals surface area contributed by atoms with Gasteiger partial charge in [0, 0.05) is 10.9 Å². The van der Waals surface area contributed by atoms with E-state index in [-0.39, 0.29) is 17.1 Å². The van der Waals surface area contributed by atoms with Crippen LogP contribution in [0.15, 0.2) is 53.0 Å². The second-order valence-corrected chi connectivity index (χ2v) is 7.60. The van der Waals surface area contributed by atoms with Crippen molar-refractivity contribution < 1.29 is 18.3 Å². The number of anilines is 2. The Kier molecular flexibility index (Phi) is 6.32. The molecule has 27 heavy (non-hydrogen) atoms. The largest absolute Gasteiger partial charge is 0.755 e. The molecule has 7 nitrogen and oxygen atoms in total. The van der Waals surface area contributed by atoms with Crippen molar-refractivity contribution in [2.45, 2.75) is 6.42 Å². The van der Waals surface area contributed by atoms with E-state index in [0.717, 1.165) is 21.6 Å². The fourth-order valence-corrected chi connectivity index (χ4v) is 4.03. The third kappa shape index (κ3) is 4.41. The lowest BCUT2D eigenvalue weighted by atomic mass is 10.1. The van der Waals surface area contributed by atoms with Gasteiger partial charge in [0.2, 0.25) is 0 Å². The lowest BCUT2D eigenvalue weighted by Gasteiger charge is -2.26. The first kappa shape index (κ1) is 19.6. The van der Waals surface area contributed by atoms with Crippen molar-refractivity contribution in [1.29, 1.82) is 0 Å². The Morgan fingerprint density at radius 1 is 1.26 bits per heavy atom. The Balaban J connectivity index is 2.09. The monoisotopic (exact) mass is 466 g/mol. The van der Waals surface area contributed by atoms with Crippen LogP contribution < -0.4 is 4.31 Å². The lowest BCUT2D eigenvalue weighted by molar-refractivity contribution is 0.0601. The molecule has 10 heteroatoms. The molecule has 0 N–H and O–H groups in total. The zero-order valence-corrected chi connectivity index (χ0v) is 17.2. The third-order valence-electron chi connectivity index (χ3n) is 3.68. The molecule has 3 aromatic rings. The van der Waals surface area contributed by atoms with Crippen molar-refractivity contribution in [3.63, 3.8) is 0 Å². The smallest absolute Gasteiger partial charge is 0.340 e. The van der Waals surface area contributed by atoms with Gasteiger partial charge < -0.3 is 9.29 Å². The minimum absolute atomic E-state index is 0.101. The number of hydrogen-bond donors (Lipinski definition) is 0. The zero-order chi connectivity index (χ0) is 19.4. The van der Waals surface area contributed by atoms with Gasteiger partial charge in [0.1, 0.15) is 5.69 Å². The van der Waals surface area contributed by atoms with Gasteiger partial charge in [-0.2, -0.15) is 8.75 Å². The summed E-state index contributed by atoms with van der Waals surface area (Å²) >= 11 is 1.48. The quantitative estimate of drug-likeness (QED) is 0.406. The van der Waals surface area contributed by atoms with Crippen LogP contribution in [0, 0.1) is 0 Å². The highest BCUT2D eigenvalue weighted by molar-refractivity contribution is 9.10. The molecule has 0 aliphatic heterocycles. The number of aromatic nitrogens is 2. The van der Waals surface area contributed by atoms with Crippen LogP contribution in [0.3, 0.4) is 0 Å². The van der Waals surface area contributed by atoms with E-state index in [9.17, 15) is 13.6 Å². The Bertz CT molecular complexity index is 981. The minimum Gasteiger partial charge on any atom is -0.755 e. The highest BCUT2D eigenvalue weighted by Gasteiger charge is 2.24. The number of methoxy groups -OCH3 is 1. The number of carbonyl (C=O) groups is 1. The molecule has 0 aliphatic rings. The number of carbonyl (C=O) groups excluding carboxylic acids is 1. The molecule has 0 amide bonds. The molecule has 0 saturated carbocycles. The van der Waals surface area contributed by atoms with Gasteiger partial charge in [-0.3, -0.25) is 8.51 Å². The fraction of sp³-hybridized carbons (Fsp3) is 0.118. The van der Waals surface area contributed by atoms with Crippen molar-refractivity contribution in [1.82, 2.24) is 8.75 Å². The first-order valence-electron chi connectivity index (χ1n) is 7.64. The standard InChI is InChI=1S/C17H14BrN3O4S2/c1-25-17(22)13-8-7-12(18)10-15(13)21(27(23)24)16-14(19-26-20-16)9-11-5-3-2-4-6-11/h2-8,10H,9H2,1H3,(H,23,24)/p-1. The second kappa shape index (κ2) is 8.70. The summed E-state index contributed by atoms with van der Waals surface area (Å²) in [5.74, 6) is -0.499. The maximum absolute atomic E-state index is 12.1. The van der Waals surface area contributed by atoms with E-state index in [1.165, 1.54) is 19.2 Å². The first-order chi connectivity index (χ1) is 13.0. The van der Waals surface area contributed by atoms with Gasteiger partial charge in [0.05, 0.1) is 41.4 Å². The van der Waals surface area contributed by atoms with E-state index in [1.807, 2.05) is 30.3 Å². The van der Waals surface area contributed by atoms with Gasteiger partial charge in [0.15, 0.2) is 5.82 Å². The minimum atomic E-state index is -2.73. The Hall–Kier alpha value is -2.14. The number of benzene rings is 2. The van der Waals surface area contributed by atoms with Crippen LogP contribution in [0.1, 0.15) is 21.6 Å². The highest BCUT2D eigenvalue weighted by atomic mass is 79.9. The Labute approximate surface area is 170 Å². The predicted octanol–water partition coefficient (Wildman–Crippen LogP) is 3.61. The summed E-state index contributed by atoms with van der Waals surface area (Å²) in [6, 6.07) is 14.2. The zero-order valence-electron chi connectivity index (χ0n) is 14.0. The molecule has 3 rings (SSSR count). The van der Waals surface area contributed by atoms with Crippen LogP contribution in [-0.2, 0) is 22.4 Å². The van der Waals surface area contributed by atoms with Gasteiger partial charge in [-0.05, 0) is 23.8 Å². The van der Waals surface area contributed by atoms with Gasteiger partial charge in [-0.25, -0.2) is 4.79 Å². The molecule has 1 unspecified atom stereocenters. The molecule has 0 radical (unpaired) electrons. The average Bonchev–Trinajstić information content (AvgIpc) is 3.09. The molecule has 1 heterocycles. The molecule has 1 aromatic heterocycles. The van der Waals surface area contributed by atoms with Crippen LogP contribution in [0.4, 0.5) is 11.5 Å². The fourth-order valence-electron chi connectivity index (χ4n) is 2.48. The number of hydrogen-bond acceptors (Lipinski definition) is 7. The van der Waals surface area contributed by atoms with Crippen molar-refractivity contribution >= 4 is 56.4 Å². The maximum atomic E-state index is 12.1.